The van der Waals surface area contributed by atoms with E-state index < -0.39 is 0 Å². The van der Waals surface area contributed by atoms with Crippen LogP contribution in [0, 0.1) is 0 Å². The van der Waals surface area contributed by atoms with E-state index in [9.17, 15) is 4.79 Å². The highest BCUT2D eigenvalue weighted by Crippen LogP contribution is 2.48. The molecule has 1 fully saturated rings. The van der Waals surface area contributed by atoms with E-state index in [2.05, 4.69) is 64.0 Å². The van der Waals surface area contributed by atoms with Crippen molar-refractivity contribution < 1.29 is 4.79 Å². The van der Waals surface area contributed by atoms with E-state index >= 15 is 0 Å². The van der Waals surface area contributed by atoms with Gasteiger partial charge in [-0.3, -0.25) is 9.89 Å². The number of benzene rings is 3. The number of H-pyrrole nitrogens is 1. The first kappa shape index (κ1) is 17.7. The summed E-state index contributed by atoms with van der Waals surface area (Å²) >= 11 is 0. The average Bonchev–Trinajstić information content (AvgIpc) is 3.15. The summed E-state index contributed by atoms with van der Waals surface area (Å²) in [5, 5.41) is 12.5. The molecule has 1 heterocycles. The summed E-state index contributed by atoms with van der Waals surface area (Å²) in [6, 6.07) is 24.9. The van der Waals surface area contributed by atoms with Crippen LogP contribution >= 0.6 is 0 Å². The standard InChI is InChI=1S/C25H23N3O/c29-24(15-19-11-6-10-18-9-4-5-12-22(18)19)27-25-23(16-26-28-25)21-13-20(14-21)17-7-2-1-3-8-17/h1-12,16,20-21H,13-15H2,(H2,26,27,28,29). The van der Waals surface area contributed by atoms with Gasteiger partial charge in [0.25, 0.3) is 0 Å². The van der Waals surface area contributed by atoms with Gasteiger partial charge in [0.05, 0.1) is 12.6 Å². The van der Waals surface area contributed by atoms with Crippen molar-refractivity contribution in [1.82, 2.24) is 10.2 Å². The van der Waals surface area contributed by atoms with Gasteiger partial charge in [-0.25, -0.2) is 0 Å². The highest BCUT2D eigenvalue weighted by atomic mass is 16.1. The number of aromatic amines is 1. The third-order valence-electron chi connectivity index (χ3n) is 6.01. The van der Waals surface area contributed by atoms with Gasteiger partial charge >= 0.3 is 0 Å². The van der Waals surface area contributed by atoms with Crippen molar-refractivity contribution in [2.75, 3.05) is 5.32 Å². The molecule has 1 aromatic heterocycles. The minimum absolute atomic E-state index is 0.0224. The highest BCUT2D eigenvalue weighted by Gasteiger charge is 2.33. The second kappa shape index (κ2) is 7.55. The van der Waals surface area contributed by atoms with E-state index in [4.69, 9.17) is 0 Å². The molecule has 144 valence electrons. The van der Waals surface area contributed by atoms with Gasteiger partial charge in [-0.2, -0.15) is 5.10 Å². The number of anilines is 1. The van der Waals surface area contributed by atoms with Crippen LogP contribution in [0.2, 0.25) is 0 Å². The summed E-state index contributed by atoms with van der Waals surface area (Å²) in [6.45, 7) is 0. The molecule has 1 saturated carbocycles. The molecule has 29 heavy (non-hydrogen) atoms. The Morgan fingerprint density at radius 2 is 1.69 bits per heavy atom. The molecule has 0 unspecified atom stereocenters. The summed E-state index contributed by atoms with van der Waals surface area (Å²) in [4.78, 5) is 12.7. The van der Waals surface area contributed by atoms with Gasteiger partial charge in [-0.05, 0) is 46.6 Å². The number of carbonyl (C=O) groups excluding carboxylic acids is 1. The van der Waals surface area contributed by atoms with Crippen LogP contribution in [0.1, 0.15) is 41.4 Å². The van der Waals surface area contributed by atoms with Crippen LogP contribution in [0.15, 0.2) is 79.0 Å². The largest absolute Gasteiger partial charge is 0.311 e. The van der Waals surface area contributed by atoms with Crippen molar-refractivity contribution >= 4 is 22.5 Å². The average molecular weight is 381 g/mol. The number of amides is 1. The molecule has 0 aliphatic heterocycles. The Morgan fingerprint density at radius 3 is 2.55 bits per heavy atom. The molecule has 1 aliphatic carbocycles. The lowest BCUT2D eigenvalue weighted by atomic mass is 9.69. The second-order valence-electron chi connectivity index (χ2n) is 7.84. The lowest BCUT2D eigenvalue weighted by Crippen LogP contribution is -2.22. The van der Waals surface area contributed by atoms with Gasteiger partial charge in [0, 0.05) is 5.56 Å². The zero-order chi connectivity index (χ0) is 19.6. The molecule has 4 heteroatoms. The Hall–Kier alpha value is -3.40. The van der Waals surface area contributed by atoms with E-state index in [0.29, 0.717) is 18.3 Å². The van der Waals surface area contributed by atoms with Crippen LogP contribution in [0.5, 0.6) is 0 Å². The minimum Gasteiger partial charge on any atom is -0.311 e. The smallest absolute Gasteiger partial charge is 0.229 e. The Balaban J connectivity index is 1.26. The van der Waals surface area contributed by atoms with Crippen molar-refractivity contribution in [3.63, 3.8) is 0 Å². The maximum absolute atomic E-state index is 12.7. The molecular formula is C25H23N3O. The number of fused-ring (bicyclic) bond motifs is 1. The number of hydrogen-bond donors (Lipinski definition) is 2. The molecule has 0 spiro atoms. The number of aromatic nitrogens is 2. The molecule has 1 amide bonds. The van der Waals surface area contributed by atoms with Crippen molar-refractivity contribution in [3.05, 3.63) is 95.7 Å². The van der Waals surface area contributed by atoms with Gasteiger partial charge in [0.2, 0.25) is 5.91 Å². The fourth-order valence-corrected chi connectivity index (χ4v) is 4.38. The van der Waals surface area contributed by atoms with Crippen molar-refractivity contribution in [2.24, 2.45) is 0 Å². The van der Waals surface area contributed by atoms with Crippen LogP contribution in [0.25, 0.3) is 10.8 Å². The van der Waals surface area contributed by atoms with Crippen molar-refractivity contribution in [2.45, 2.75) is 31.1 Å². The third-order valence-corrected chi connectivity index (χ3v) is 6.01. The Morgan fingerprint density at radius 1 is 0.931 bits per heavy atom. The Kier molecular flexibility index (Phi) is 4.60. The van der Waals surface area contributed by atoms with E-state index in [-0.39, 0.29) is 5.91 Å². The molecule has 0 radical (unpaired) electrons. The van der Waals surface area contributed by atoms with Crippen LogP contribution < -0.4 is 5.32 Å². The summed E-state index contributed by atoms with van der Waals surface area (Å²) in [5.41, 5.74) is 3.55. The number of hydrogen-bond acceptors (Lipinski definition) is 2. The first-order valence-electron chi connectivity index (χ1n) is 10.1. The van der Waals surface area contributed by atoms with Crippen LogP contribution in [-0.4, -0.2) is 16.1 Å². The minimum atomic E-state index is -0.0224. The fourth-order valence-electron chi connectivity index (χ4n) is 4.38. The lowest BCUT2D eigenvalue weighted by molar-refractivity contribution is -0.115. The van der Waals surface area contributed by atoms with E-state index in [1.54, 1.807) is 0 Å². The quantitative estimate of drug-likeness (QED) is 0.486. The topological polar surface area (TPSA) is 57.8 Å². The summed E-state index contributed by atoms with van der Waals surface area (Å²) in [5.74, 6) is 1.75. The van der Waals surface area contributed by atoms with E-state index in [1.807, 2.05) is 30.5 Å². The molecule has 3 aromatic carbocycles. The second-order valence-corrected chi connectivity index (χ2v) is 7.84. The highest BCUT2D eigenvalue weighted by molar-refractivity contribution is 5.96. The molecule has 2 N–H and O–H groups in total. The summed E-state index contributed by atoms with van der Waals surface area (Å²) in [7, 11) is 0. The number of nitrogens with one attached hydrogen (secondary N) is 2. The predicted octanol–water partition coefficient (Wildman–Crippen LogP) is 5.41. The van der Waals surface area contributed by atoms with Crippen molar-refractivity contribution in [1.29, 1.82) is 0 Å². The van der Waals surface area contributed by atoms with E-state index in [1.165, 1.54) is 5.56 Å². The Bertz CT molecular complexity index is 1140. The molecule has 0 atom stereocenters. The monoisotopic (exact) mass is 381 g/mol. The Labute approximate surface area is 170 Å². The van der Waals surface area contributed by atoms with Crippen molar-refractivity contribution in [3.8, 4) is 0 Å². The van der Waals surface area contributed by atoms with Gasteiger partial charge < -0.3 is 5.32 Å². The number of nitrogens with zero attached hydrogens (tertiary/aromatic N) is 1. The molecule has 4 aromatic rings. The lowest BCUT2D eigenvalue weighted by Gasteiger charge is -2.35. The van der Waals surface area contributed by atoms with Crippen LogP contribution in [0.4, 0.5) is 5.82 Å². The van der Waals surface area contributed by atoms with Gasteiger partial charge in [-0.15, -0.1) is 0 Å². The third kappa shape index (κ3) is 3.54. The van der Waals surface area contributed by atoms with Gasteiger partial charge in [0.15, 0.2) is 0 Å². The fraction of sp³-hybridized carbons (Fsp3) is 0.200. The zero-order valence-electron chi connectivity index (χ0n) is 16.1. The predicted molar refractivity (Wildman–Crippen MR) is 116 cm³/mol. The zero-order valence-corrected chi connectivity index (χ0v) is 16.1. The molecule has 0 bridgehead atoms. The maximum Gasteiger partial charge on any atom is 0.229 e. The summed E-state index contributed by atoms with van der Waals surface area (Å²) < 4.78 is 0. The van der Waals surface area contributed by atoms with Gasteiger partial charge in [-0.1, -0.05) is 72.8 Å². The molecule has 1 aliphatic rings. The molecule has 0 saturated heterocycles. The molecule has 5 rings (SSSR count). The van der Waals surface area contributed by atoms with Crippen LogP contribution in [-0.2, 0) is 11.2 Å². The molecular weight excluding hydrogens is 358 g/mol. The summed E-state index contributed by atoms with van der Waals surface area (Å²) in [6.07, 6.45) is 4.39. The first-order chi connectivity index (χ1) is 14.3. The SMILES string of the molecule is O=C(Cc1cccc2ccccc12)Nc1[nH]ncc1C1CC(c2ccccc2)C1. The number of carbonyl (C=O) groups is 1. The normalized spacial score (nSPS) is 18.3. The van der Waals surface area contributed by atoms with Gasteiger partial charge in [0.1, 0.15) is 5.82 Å². The first-order valence-corrected chi connectivity index (χ1v) is 10.1. The van der Waals surface area contributed by atoms with E-state index in [0.717, 1.165) is 40.6 Å². The number of rotatable bonds is 5. The molecule has 4 nitrogen and oxygen atoms in total. The maximum atomic E-state index is 12.7. The van der Waals surface area contributed by atoms with Crippen LogP contribution in [0.3, 0.4) is 0 Å².